The maximum absolute atomic E-state index is 14.1. The number of carbonyl (C=O) groups is 1. The molecule has 0 radical (unpaired) electrons. The third-order valence-electron chi connectivity index (χ3n) is 5.42. The Bertz CT molecular complexity index is 763. The minimum absolute atomic E-state index is 0.0570. The zero-order valence-corrected chi connectivity index (χ0v) is 17.1. The van der Waals surface area contributed by atoms with E-state index in [1.165, 1.54) is 11.6 Å². The minimum Gasteiger partial charge on any atom is -0.353 e. The molecule has 3 rings (SSSR count). The number of carbonyl (C=O) groups excluding carboxylic acids is 1. The van der Waals surface area contributed by atoms with Crippen LogP contribution in [0.1, 0.15) is 37.3 Å². The van der Waals surface area contributed by atoms with Gasteiger partial charge < -0.3 is 5.32 Å². The van der Waals surface area contributed by atoms with E-state index in [0.29, 0.717) is 23.7 Å². The van der Waals surface area contributed by atoms with Crippen LogP contribution in [0.5, 0.6) is 0 Å². The Labute approximate surface area is 171 Å². The fourth-order valence-electron chi connectivity index (χ4n) is 3.78. The molecule has 1 heterocycles. The lowest BCUT2D eigenvalue weighted by Crippen LogP contribution is -2.45. The number of likely N-dealkylation sites (tertiary alicyclic amines) is 1. The number of amides is 1. The second-order valence-corrected chi connectivity index (χ2v) is 8.12. The average Bonchev–Trinajstić information content (AvgIpc) is 2.70. The van der Waals surface area contributed by atoms with Crippen LogP contribution in [0.25, 0.3) is 0 Å². The molecule has 28 heavy (non-hydrogen) atoms. The van der Waals surface area contributed by atoms with Crippen molar-refractivity contribution in [2.75, 3.05) is 13.1 Å². The van der Waals surface area contributed by atoms with Gasteiger partial charge in [0.05, 0.1) is 5.92 Å². The Morgan fingerprint density at radius 3 is 2.79 bits per heavy atom. The SMILES string of the molecule is CC(CCc1ccccc1)NC(=O)C1CCCN(Cc2c(F)cccc2Cl)C1. The molecule has 0 aromatic heterocycles. The van der Waals surface area contributed by atoms with E-state index in [2.05, 4.69) is 29.3 Å². The van der Waals surface area contributed by atoms with Crippen LogP contribution in [-0.2, 0) is 17.8 Å². The van der Waals surface area contributed by atoms with Crippen LogP contribution in [0.15, 0.2) is 48.5 Å². The van der Waals surface area contributed by atoms with E-state index in [0.717, 1.165) is 32.2 Å². The predicted octanol–water partition coefficient (Wildman–Crippen LogP) is 4.83. The van der Waals surface area contributed by atoms with Crippen molar-refractivity contribution in [2.45, 2.75) is 45.2 Å². The Morgan fingerprint density at radius 1 is 1.25 bits per heavy atom. The topological polar surface area (TPSA) is 32.3 Å². The maximum Gasteiger partial charge on any atom is 0.224 e. The highest BCUT2D eigenvalue weighted by atomic mass is 35.5. The fraction of sp³-hybridized carbons (Fsp3) is 0.435. The van der Waals surface area contributed by atoms with Gasteiger partial charge in [-0.15, -0.1) is 0 Å². The highest BCUT2D eigenvalue weighted by Crippen LogP contribution is 2.24. The van der Waals surface area contributed by atoms with Gasteiger partial charge in [-0.05, 0) is 56.8 Å². The predicted molar refractivity (Wildman–Crippen MR) is 112 cm³/mol. The number of halogens is 2. The summed E-state index contributed by atoms with van der Waals surface area (Å²) in [6, 6.07) is 15.2. The largest absolute Gasteiger partial charge is 0.353 e. The molecule has 1 N–H and O–H groups in total. The minimum atomic E-state index is -0.284. The molecule has 1 amide bonds. The van der Waals surface area contributed by atoms with Gasteiger partial charge in [-0.25, -0.2) is 4.39 Å². The first kappa shape index (κ1) is 20.8. The zero-order valence-electron chi connectivity index (χ0n) is 16.3. The molecule has 5 heteroatoms. The molecular formula is C23H28ClFN2O. The van der Waals surface area contributed by atoms with Gasteiger partial charge in [0.25, 0.3) is 0 Å². The second kappa shape index (κ2) is 10.0. The van der Waals surface area contributed by atoms with E-state index in [1.54, 1.807) is 12.1 Å². The van der Waals surface area contributed by atoms with E-state index in [4.69, 9.17) is 11.6 Å². The average molecular weight is 403 g/mol. The summed E-state index contributed by atoms with van der Waals surface area (Å²) in [6.45, 7) is 4.00. The van der Waals surface area contributed by atoms with Crippen LogP contribution < -0.4 is 5.32 Å². The molecule has 2 atom stereocenters. The number of aryl methyl sites for hydroxylation is 1. The summed E-state index contributed by atoms with van der Waals surface area (Å²) in [5.74, 6) is -0.239. The van der Waals surface area contributed by atoms with E-state index in [1.807, 2.05) is 18.2 Å². The molecule has 1 fully saturated rings. The molecule has 1 aliphatic heterocycles. The number of rotatable bonds is 7. The number of benzene rings is 2. The Balaban J connectivity index is 1.50. The van der Waals surface area contributed by atoms with Crippen molar-refractivity contribution in [1.29, 1.82) is 0 Å². The summed E-state index contributed by atoms with van der Waals surface area (Å²) in [6.07, 6.45) is 3.67. The highest BCUT2D eigenvalue weighted by Gasteiger charge is 2.27. The van der Waals surface area contributed by atoms with Crippen molar-refractivity contribution in [3.63, 3.8) is 0 Å². The van der Waals surface area contributed by atoms with Crippen molar-refractivity contribution < 1.29 is 9.18 Å². The molecule has 0 aliphatic carbocycles. The molecule has 1 saturated heterocycles. The molecule has 1 aliphatic rings. The number of hydrogen-bond acceptors (Lipinski definition) is 2. The van der Waals surface area contributed by atoms with E-state index in [-0.39, 0.29) is 23.7 Å². The molecule has 0 saturated carbocycles. The summed E-state index contributed by atoms with van der Waals surface area (Å²) in [5.41, 5.74) is 1.80. The van der Waals surface area contributed by atoms with Crippen LogP contribution >= 0.6 is 11.6 Å². The van der Waals surface area contributed by atoms with Gasteiger partial charge in [0, 0.05) is 29.7 Å². The summed E-state index contributed by atoms with van der Waals surface area (Å²) >= 11 is 6.16. The lowest BCUT2D eigenvalue weighted by molar-refractivity contribution is -0.127. The van der Waals surface area contributed by atoms with Crippen LogP contribution in [0.4, 0.5) is 4.39 Å². The van der Waals surface area contributed by atoms with Crippen molar-refractivity contribution in [2.24, 2.45) is 5.92 Å². The fourth-order valence-corrected chi connectivity index (χ4v) is 4.00. The third-order valence-corrected chi connectivity index (χ3v) is 5.77. The molecule has 3 nitrogen and oxygen atoms in total. The van der Waals surface area contributed by atoms with Crippen molar-refractivity contribution in [3.05, 3.63) is 70.5 Å². The van der Waals surface area contributed by atoms with Gasteiger partial charge in [-0.1, -0.05) is 48.0 Å². The molecule has 150 valence electrons. The Hall–Kier alpha value is -1.91. The maximum atomic E-state index is 14.1. The summed E-state index contributed by atoms with van der Waals surface area (Å²) < 4.78 is 14.1. The number of nitrogens with one attached hydrogen (secondary N) is 1. The van der Waals surface area contributed by atoms with E-state index < -0.39 is 0 Å². The van der Waals surface area contributed by atoms with E-state index in [9.17, 15) is 9.18 Å². The molecule has 0 spiro atoms. The van der Waals surface area contributed by atoms with Crippen molar-refractivity contribution in [3.8, 4) is 0 Å². The first-order chi connectivity index (χ1) is 13.5. The molecule has 2 aromatic carbocycles. The van der Waals surface area contributed by atoms with Crippen molar-refractivity contribution in [1.82, 2.24) is 10.2 Å². The normalized spacial score (nSPS) is 18.6. The van der Waals surface area contributed by atoms with E-state index >= 15 is 0 Å². The smallest absolute Gasteiger partial charge is 0.224 e. The van der Waals surface area contributed by atoms with Gasteiger partial charge in [0.1, 0.15) is 5.82 Å². The molecule has 2 aromatic rings. The summed E-state index contributed by atoms with van der Waals surface area (Å²) in [5, 5.41) is 3.61. The molecular weight excluding hydrogens is 375 g/mol. The van der Waals surface area contributed by atoms with Gasteiger partial charge in [-0.3, -0.25) is 9.69 Å². The summed E-state index contributed by atoms with van der Waals surface area (Å²) in [4.78, 5) is 14.8. The lowest BCUT2D eigenvalue weighted by atomic mass is 9.96. The standard InChI is InChI=1S/C23H28ClFN2O/c1-17(12-13-18-7-3-2-4-8-18)26-23(28)19-9-6-14-27(15-19)16-20-21(24)10-5-11-22(20)25/h2-5,7-8,10-11,17,19H,6,9,12-16H2,1H3,(H,26,28). The second-order valence-electron chi connectivity index (χ2n) is 7.71. The Morgan fingerprint density at radius 2 is 2.04 bits per heavy atom. The van der Waals surface area contributed by atoms with Gasteiger partial charge >= 0.3 is 0 Å². The van der Waals surface area contributed by atoms with Crippen LogP contribution in [0.3, 0.4) is 0 Å². The summed E-state index contributed by atoms with van der Waals surface area (Å²) in [7, 11) is 0. The number of nitrogens with zero attached hydrogens (tertiary/aromatic N) is 1. The third kappa shape index (κ3) is 5.79. The van der Waals surface area contributed by atoms with Crippen LogP contribution in [0, 0.1) is 11.7 Å². The first-order valence-electron chi connectivity index (χ1n) is 10.0. The molecule has 0 bridgehead atoms. The zero-order chi connectivity index (χ0) is 19.9. The quantitative estimate of drug-likeness (QED) is 0.719. The van der Waals surface area contributed by atoms with Gasteiger partial charge in [0.15, 0.2) is 0 Å². The number of piperidine rings is 1. The Kier molecular flexibility index (Phi) is 7.46. The van der Waals surface area contributed by atoms with Gasteiger partial charge in [-0.2, -0.15) is 0 Å². The van der Waals surface area contributed by atoms with Crippen LogP contribution in [0.2, 0.25) is 5.02 Å². The van der Waals surface area contributed by atoms with Gasteiger partial charge in [0.2, 0.25) is 5.91 Å². The van der Waals surface area contributed by atoms with Crippen molar-refractivity contribution >= 4 is 17.5 Å². The van der Waals surface area contributed by atoms with Crippen LogP contribution in [-0.4, -0.2) is 29.9 Å². The lowest BCUT2D eigenvalue weighted by Gasteiger charge is -2.33. The number of hydrogen-bond donors (Lipinski definition) is 1. The highest BCUT2D eigenvalue weighted by molar-refractivity contribution is 6.31. The monoisotopic (exact) mass is 402 g/mol. The molecule has 2 unspecified atom stereocenters. The first-order valence-corrected chi connectivity index (χ1v) is 10.4.